The van der Waals surface area contributed by atoms with E-state index in [9.17, 15) is 4.79 Å². The van der Waals surface area contributed by atoms with Crippen molar-refractivity contribution >= 4 is 11.6 Å². The van der Waals surface area contributed by atoms with E-state index in [1.54, 1.807) is 0 Å². The van der Waals surface area contributed by atoms with E-state index in [0.29, 0.717) is 11.0 Å². The molecule has 1 saturated heterocycles. The molecule has 1 heterocycles. The molecular weight excluding hydrogens is 338 g/mol. The number of benzene rings is 1. The lowest BCUT2D eigenvalue weighted by atomic mass is 10.1. The molecule has 1 amide bonds. The predicted molar refractivity (Wildman–Crippen MR) is 112 cm³/mol. The molecule has 0 bridgehead atoms. The first-order valence-electron chi connectivity index (χ1n) is 10.1. The SMILES string of the molecule is CC[N+](/C=C/CN1CCOCC1)(CC)CC(=O)Nc1c(C)cc(C)cc1C. The van der Waals surface area contributed by atoms with E-state index in [2.05, 4.69) is 69.2 Å². The molecular formula is C22H36N3O2+. The van der Waals surface area contributed by atoms with Crippen LogP contribution in [0.25, 0.3) is 0 Å². The van der Waals surface area contributed by atoms with Gasteiger partial charge in [0.05, 0.1) is 32.5 Å². The standard InChI is InChI=1S/C22H35N3O2/c1-6-25(7-2,12-8-9-24-10-13-27-14-11-24)17-21(26)23-22-19(4)15-18(3)16-20(22)5/h8,12,15-16H,6-7,9-11,13-14,17H2,1-5H3/p+1/b12-8+. The summed E-state index contributed by atoms with van der Waals surface area (Å²) < 4.78 is 6.07. The lowest BCUT2D eigenvalue weighted by molar-refractivity contribution is -0.867. The summed E-state index contributed by atoms with van der Waals surface area (Å²) in [7, 11) is 0. The number of nitrogens with zero attached hydrogens (tertiary/aromatic N) is 2. The van der Waals surface area contributed by atoms with Crippen molar-refractivity contribution < 1.29 is 14.0 Å². The van der Waals surface area contributed by atoms with Crippen LogP contribution in [0.15, 0.2) is 24.4 Å². The maximum Gasteiger partial charge on any atom is 0.280 e. The van der Waals surface area contributed by atoms with Gasteiger partial charge < -0.3 is 10.1 Å². The highest BCUT2D eigenvalue weighted by molar-refractivity contribution is 5.93. The second kappa shape index (κ2) is 10.0. The minimum Gasteiger partial charge on any atom is -0.379 e. The zero-order valence-electron chi connectivity index (χ0n) is 17.7. The monoisotopic (exact) mass is 374 g/mol. The van der Waals surface area contributed by atoms with E-state index >= 15 is 0 Å². The maximum atomic E-state index is 12.8. The number of nitrogens with one attached hydrogen (secondary N) is 1. The van der Waals surface area contributed by atoms with E-state index in [0.717, 1.165) is 62.8 Å². The zero-order chi connectivity index (χ0) is 19.9. The molecule has 1 fully saturated rings. The highest BCUT2D eigenvalue weighted by atomic mass is 16.5. The molecule has 5 heteroatoms. The van der Waals surface area contributed by atoms with Crippen LogP contribution in [0.5, 0.6) is 0 Å². The largest absolute Gasteiger partial charge is 0.379 e. The predicted octanol–water partition coefficient (Wildman–Crippen LogP) is 3.25. The molecule has 5 nitrogen and oxygen atoms in total. The van der Waals surface area contributed by atoms with Gasteiger partial charge in [-0.25, -0.2) is 0 Å². The molecule has 1 N–H and O–H groups in total. The third-order valence-corrected chi connectivity index (χ3v) is 5.55. The summed E-state index contributed by atoms with van der Waals surface area (Å²) in [6.07, 6.45) is 4.43. The van der Waals surface area contributed by atoms with Gasteiger partial charge in [-0.3, -0.25) is 14.2 Å². The van der Waals surface area contributed by atoms with Gasteiger partial charge in [0.2, 0.25) is 0 Å². The Morgan fingerprint density at radius 1 is 1.15 bits per heavy atom. The van der Waals surface area contributed by atoms with Crippen LogP contribution in [-0.4, -0.2) is 67.8 Å². The third kappa shape index (κ3) is 6.16. The number of quaternary nitrogens is 1. The summed E-state index contributed by atoms with van der Waals surface area (Å²) in [5.41, 5.74) is 4.42. The van der Waals surface area contributed by atoms with Crippen LogP contribution < -0.4 is 5.32 Å². The Labute approximate surface area is 164 Å². The van der Waals surface area contributed by atoms with E-state index in [1.165, 1.54) is 5.56 Å². The Morgan fingerprint density at radius 2 is 1.74 bits per heavy atom. The van der Waals surface area contributed by atoms with Gasteiger partial charge >= 0.3 is 0 Å². The normalized spacial score (nSPS) is 16.0. The molecule has 0 aliphatic carbocycles. The molecule has 0 aromatic heterocycles. The smallest absolute Gasteiger partial charge is 0.280 e. The van der Waals surface area contributed by atoms with Crippen molar-refractivity contribution in [2.24, 2.45) is 0 Å². The van der Waals surface area contributed by atoms with Gasteiger partial charge in [-0.15, -0.1) is 0 Å². The first-order valence-corrected chi connectivity index (χ1v) is 10.1. The molecule has 0 unspecified atom stereocenters. The number of carbonyl (C=O) groups excluding carboxylic acids is 1. The molecule has 1 aliphatic heterocycles. The minimum atomic E-state index is 0.0739. The number of morpholine rings is 1. The second-order valence-electron chi connectivity index (χ2n) is 7.63. The van der Waals surface area contributed by atoms with Crippen molar-refractivity contribution in [1.82, 2.24) is 4.90 Å². The van der Waals surface area contributed by atoms with Gasteiger partial charge in [0.25, 0.3) is 5.91 Å². The van der Waals surface area contributed by atoms with Gasteiger partial charge in [-0.1, -0.05) is 17.7 Å². The Bertz CT molecular complexity index is 637. The summed E-state index contributed by atoms with van der Waals surface area (Å²) in [6, 6.07) is 4.24. The lowest BCUT2D eigenvalue weighted by Crippen LogP contribution is -2.48. The van der Waals surface area contributed by atoms with E-state index in [1.807, 2.05) is 0 Å². The Kier molecular flexibility index (Phi) is 8.02. The van der Waals surface area contributed by atoms with Crippen LogP contribution in [0.4, 0.5) is 5.69 Å². The zero-order valence-corrected chi connectivity index (χ0v) is 17.7. The molecule has 0 atom stereocenters. The summed E-state index contributed by atoms with van der Waals surface area (Å²) >= 11 is 0. The van der Waals surface area contributed by atoms with Crippen molar-refractivity contribution in [2.45, 2.75) is 34.6 Å². The van der Waals surface area contributed by atoms with Gasteiger partial charge in [-0.05, 0) is 51.8 Å². The van der Waals surface area contributed by atoms with E-state index in [-0.39, 0.29) is 5.91 Å². The molecule has 27 heavy (non-hydrogen) atoms. The molecule has 0 radical (unpaired) electrons. The van der Waals surface area contributed by atoms with Crippen molar-refractivity contribution in [3.63, 3.8) is 0 Å². The second-order valence-corrected chi connectivity index (χ2v) is 7.63. The Morgan fingerprint density at radius 3 is 2.30 bits per heavy atom. The summed E-state index contributed by atoms with van der Waals surface area (Å²) in [5.74, 6) is 0.0739. The quantitative estimate of drug-likeness (QED) is 0.710. The molecule has 2 rings (SSSR count). The van der Waals surface area contributed by atoms with Gasteiger partial charge in [-0.2, -0.15) is 0 Å². The van der Waals surface area contributed by atoms with Crippen molar-refractivity contribution in [3.05, 3.63) is 41.1 Å². The number of aryl methyl sites for hydroxylation is 3. The minimum absolute atomic E-state index is 0.0739. The van der Waals surface area contributed by atoms with E-state index in [4.69, 9.17) is 4.74 Å². The first-order chi connectivity index (χ1) is 12.9. The molecule has 150 valence electrons. The summed E-state index contributed by atoms with van der Waals surface area (Å²) in [5, 5.41) is 3.15. The van der Waals surface area contributed by atoms with E-state index < -0.39 is 0 Å². The number of amides is 1. The topological polar surface area (TPSA) is 41.6 Å². The highest BCUT2D eigenvalue weighted by Crippen LogP contribution is 2.22. The van der Waals surface area contributed by atoms with Gasteiger partial charge in [0.15, 0.2) is 6.54 Å². The van der Waals surface area contributed by atoms with Crippen LogP contribution in [0.3, 0.4) is 0 Å². The van der Waals surface area contributed by atoms with Crippen LogP contribution in [-0.2, 0) is 9.53 Å². The summed E-state index contributed by atoms with van der Waals surface area (Å²) in [4.78, 5) is 15.2. The lowest BCUT2D eigenvalue weighted by Gasteiger charge is -2.32. The number of rotatable bonds is 8. The Balaban J connectivity index is 2.02. The molecule has 1 aromatic carbocycles. The number of anilines is 1. The fraction of sp³-hybridized carbons (Fsp3) is 0.591. The fourth-order valence-corrected chi connectivity index (χ4v) is 3.76. The van der Waals surface area contributed by atoms with Crippen molar-refractivity contribution in [3.8, 4) is 0 Å². The average molecular weight is 375 g/mol. The molecule has 0 saturated carbocycles. The van der Waals surface area contributed by atoms with Crippen molar-refractivity contribution in [2.75, 3.05) is 57.8 Å². The van der Waals surface area contributed by atoms with Crippen molar-refractivity contribution in [1.29, 1.82) is 0 Å². The average Bonchev–Trinajstić information content (AvgIpc) is 2.64. The number of ether oxygens (including phenoxy) is 1. The van der Waals surface area contributed by atoms with Crippen LogP contribution in [0.1, 0.15) is 30.5 Å². The van der Waals surface area contributed by atoms with Crippen LogP contribution in [0.2, 0.25) is 0 Å². The number of hydrogen-bond donors (Lipinski definition) is 1. The first kappa shape index (κ1) is 21.6. The molecule has 1 aromatic rings. The van der Waals surface area contributed by atoms with Gasteiger partial charge in [0.1, 0.15) is 0 Å². The molecule has 0 spiro atoms. The Hall–Kier alpha value is -1.69. The summed E-state index contributed by atoms with van der Waals surface area (Å²) in [6.45, 7) is 17.3. The molecule has 1 aliphatic rings. The van der Waals surface area contributed by atoms with Crippen LogP contribution in [0, 0.1) is 20.8 Å². The number of likely N-dealkylation sites (N-methyl/N-ethyl adjacent to an activating group) is 1. The number of carbonyl (C=O) groups is 1. The van der Waals surface area contributed by atoms with Gasteiger partial charge in [0, 0.05) is 25.3 Å². The maximum absolute atomic E-state index is 12.8. The fourth-order valence-electron chi connectivity index (χ4n) is 3.76. The third-order valence-electron chi connectivity index (χ3n) is 5.55. The highest BCUT2D eigenvalue weighted by Gasteiger charge is 2.25. The van der Waals surface area contributed by atoms with Crippen LogP contribution >= 0.6 is 0 Å². The number of hydrogen-bond acceptors (Lipinski definition) is 3.